The van der Waals surface area contributed by atoms with Gasteiger partial charge in [-0.05, 0) is 31.0 Å². The summed E-state index contributed by atoms with van der Waals surface area (Å²) in [6, 6.07) is 4.58. The maximum atomic E-state index is 12.8. The number of halogens is 3. The summed E-state index contributed by atoms with van der Waals surface area (Å²) in [5, 5.41) is 0. The molecule has 8 heteroatoms. The summed E-state index contributed by atoms with van der Waals surface area (Å²) in [5.41, 5.74) is 8.57. The zero-order valence-electron chi connectivity index (χ0n) is 11.3. The Morgan fingerprint density at radius 1 is 1.38 bits per heavy atom. The van der Waals surface area contributed by atoms with E-state index < -0.39 is 18.0 Å². The minimum absolute atomic E-state index is 0.114. The zero-order valence-corrected chi connectivity index (χ0v) is 11.3. The Morgan fingerprint density at radius 3 is 2.71 bits per heavy atom. The van der Waals surface area contributed by atoms with Gasteiger partial charge in [-0.2, -0.15) is 13.2 Å². The van der Waals surface area contributed by atoms with E-state index in [9.17, 15) is 18.0 Å². The first kappa shape index (κ1) is 15.4. The summed E-state index contributed by atoms with van der Waals surface area (Å²) < 4.78 is 38.5. The molecule has 116 valence electrons. The number of rotatable bonds is 2. The van der Waals surface area contributed by atoms with Crippen LogP contribution in [0.3, 0.4) is 0 Å². The lowest BCUT2D eigenvalue weighted by Crippen LogP contribution is -2.41. The largest absolute Gasteiger partial charge is 0.398 e. The van der Waals surface area contributed by atoms with Crippen molar-refractivity contribution in [2.45, 2.75) is 19.0 Å². The van der Waals surface area contributed by atoms with Crippen LogP contribution in [0.2, 0.25) is 0 Å². The maximum absolute atomic E-state index is 12.8. The molecule has 0 aromatic heterocycles. The van der Waals surface area contributed by atoms with Gasteiger partial charge in [0.2, 0.25) is 0 Å². The van der Waals surface area contributed by atoms with Crippen LogP contribution < -0.4 is 21.9 Å². The number of anilines is 2. The molecule has 1 atom stereocenters. The normalized spacial score (nSPS) is 19.4. The highest BCUT2D eigenvalue weighted by molar-refractivity contribution is 5.99. The Balaban J connectivity index is 2.24. The van der Waals surface area contributed by atoms with E-state index in [1.54, 1.807) is 11.0 Å². The van der Waals surface area contributed by atoms with Crippen molar-refractivity contribution in [1.82, 2.24) is 5.43 Å². The number of nitrogens with two attached hydrogens (primary N) is 2. The molecule has 0 spiro atoms. The minimum atomic E-state index is -4.20. The van der Waals surface area contributed by atoms with Crippen LogP contribution in [0.25, 0.3) is 0 Å². The van der Waals surface area contributed by atoms with Gasteiger partial charge in [0, 0.05) is 24.5 Å². The smallest absolute Gasteiger partial charge is 0.393 e. The van der Waals surface area contributed by atoms with Crippen LogP contribution in [-0.4, -0.2) is 25.2 Å². The van der Waals surface area contributed by atoms with Crippen LogP contribution in [0.5, 0.6) is 0 Å². The predicted octanol–water partition coefficient (Wildman–Crippen LogP) is 1.65. The lowest BCUT2D eigenvalue weighted by atomic mass is 9.96. The molecule has 2 rings (SSSR count). The van der Waals surface area contributed by atoms with Crippen LogP contribution in [0.15, 0.2) is 18.2 Å². The molecule has 1 unspecified atom stereocenters. The number of hydrogen-bond acceptors (Lipinski definition) is 4. The standard InChI is InChI=1S/C13H17F3N4O/c14-13(15,16)8-2-1-5-20(7-8)9-3-4-11(17)10(6-9)12(21)19-18/h3-4,6,8H,1-2,5,7,17-18H2,(H,19,21). The number of nitrogens with zero attached hydrogens (tertiary/aromatic N) is 1. The third-order valence-electron chi connectivity index (χ3n) is 3.66. The number of nitrogen functional groups attached to an aromatic ring is 2. The summed E-state index contributed by atoms with van der Waals surface area (Å²) >= 11 is 0. The second-order valence-corrected chi connectivity index (χ2v) is 5.07. The molecule has 1 heterocycles. The first-order chi connectivity index (χ1) is 9.82. The van der Waals surface area contributed by atoms with E-state index in [1.807, 2.05) is 5.43 Å². The summed E-state index contributed by atoms with van der Waals surface area (Å²) in [6.45, 7) is 0.400. The third-order valence-corrected chi connectivity index (χ3v) is 3.66. The van der Waals surface area contributed by atoms with Crippen molar-refractivity contribution < 1.29 is 18.0 Å². The molecule has 5 N–H and O–H groups in total. The van der Waals surface area contributed by atoms with Gasteiger partial charge >= 0.3 is 6.18 Å². The van der Waals surface area contributed by atoms with Crippen LogP contribution in [0, 0.1) is 5.92 Å². The first-order valence-corrected chi connectivity index (χ1v) is 6.55. The van der Waals surface area contributed by atoms with E-state index in [1.165, 1.54) is 12.1 Å². The highest BCUT2D eigenvalue weighted by Crippen LogP contribution is 2.35. The predicted molar refractivity (Wildman–Crippen MR) is 73.5 cm³/mol. The highest BCUT2D eigenvalue weighted by atomic mass is 19.4. The molecule has 21 heavy (non-hydrogen) atoms. The number of piperidine rings is 1. The number of benzene rings is 1. The first-order valence-electron chi connectivity index (χ1n) is 6.55. The number of hydrazine groups is 1. The quantitative estimate of drug-likeness (QED) is 0.336. The van der Waals surface area contributed by atoms with Gasteiger partial charge in [0.25, 0.3) is 5.91 Å². The molecular formula is C13H17F3N4O. The van der Waals surface area contributed by atoms with E-state index in [0.717, 1.165) is 0 Å². The molecule has 5 nitrogen and oxygen atoms in total. The van der Waals surface area contributed by atoms with Gasteiger partial charge in [-0.15, -0.1) is 0 Å². The Kier molecular flexibility index (Phi) is 4.26. The fourth-order valence-corrected chi connectivity index (χ4v) is 2.49. The number of nitrogens with one attached hydrogen (secondary N) is 1. The van der Waals surface area contributed by atoms with Gasteiger partial charge in [0.05, 0.1) is 11.5 Å². The zero-order chi connectivity index (χ0) is 15.6. The summed E-state index contributed by atoms with van der Waals surface area (Å²) in [7, 11) is 0. The molecule has 0 radical (unpaired) electrons. The number of hydrogen-bond donors (Lipinski definition) is 3. The van der Waals surface area contributed by atoms with Crippen molar-refractivity contribution >= 4 is 17.3 Å². The molecule has 1 amide bonds. The molecule has 1 aromatic rings. The molecule has 0 saturated carbocycles. The van der Waals surface area contributed by atoms with Gasteiger partial charge in [-0.3, -0.25) is 10.2 Å². The summed E-state index contributed by atoms with van der Waals surface area (Å²) in [4.78, 5) is 13.2. The highest BCUT2D eigenvalue weighted by Gasteiger charge is 2.41. The molecule has 0 aliphatic carbocycles. The van der Waals surface area contributed by atoms with E-state index in [2.05, 4.69) is 0 Å². The van der Waals surface area contributed by atoms with Gasteiger partial charge in [0.15, 0.2) is 0 Å². The van der Waals surface area contributed by atoms with Gasteiger partial charge in [0.1, 0.15) is 0 Å². The number of carbonyl (C=O) groups is 1. The number of amides is 1. The van der Waals surface area contributed by atoms with Gasteiger partial charge in [-0.1, -0.05) is 0 Å². The van der Waals surface area contributed by atoms with Crippen LogP contribution >= 0.6 is 0 Å². The lowest BCUT2D eigenvalue weighted by molar-refractivity contribution is -0.175. The second kappa shape index (κ2) is 5.80. The minimum Gasteiger partial charge on any atom is -0.398 e. The van der Waals surface area contributed by atoms with Gasteiger partial charge < -0.3 is 10.6 Å². The SMILES string of the molecule is NNC(=O)c1cc(N2CCCC(C(F)(F)F)C2)ccc1N. The topological polar surface area (TPSA) is 84.4 Å². The number of carbonyl (C=O) groups excluding carboxylic acids is 1. The molecule has 1 aliphatic heterocycles. The van der Waals surface area contributed by atoms with Crippen molar-refractivity contribution in [3.8, 4) is 0 Å². The van der Waals surface area contributed by atoms with Crippen LogP contribution in [-0.2, 0) is 0 Å². The Bertz CT molecular complexity index is 533. The van der Waals surface area contributed by atoms with Gasteiger partial charge in [-0.25, -0.2) is 5.84 Å². The van der Waals surface area contributed by atoms with Crippen molar-refractivity contribution in [3.05, 3.63) is 23.8 Å². The fraction of sp³-hybridized carbons (Fsp3) is 0.462. The van der Waals surface area contributed by atoms with E-state index in [0.29, 0.717) is 18.7 Å². The third kappa shape index (κ3) is 3.38. The summed E-state index contributed by atoms with van der Waals surface area (Å²) in [6.07, 6.45) is -3.62. The average molecular weight is 302 g/mol. The molecular weight excluding hydrogens is 285 g/mol. The Labute approximate surface area is 120 Å². The van der Waals surface area contributed by atoms with Crippen LogP contribution in [0.1, 0.15) is 23.2 Å². The van der Waals surface area contributed by atoms with E-state index >= 15 is 0 Å². The van der Waals surface area contributed by atoms with E-state index in [-0.39, 0.29) is 24.2 Å². The molecule has 1 aliphatic rings. The lowest BCUT2D eigenvalue weighted by Gasteiger charge is -2.35. The second-order valence-electron chi connectivity index (χ2n) is 5.07. The number of alkyl halides is 3. The average Bonchev–Trinajstić information content (AvgIpc) is 2.46. The summed E-state index contributed by atoms with van der Waals surface area (Å²) in [5.74, 6) is 3.14. The van der Waals surface area contributed by atoms with Crippen molar-refractivity contribution in [2.75, 3.05) is 23.7 Å². The Hall–Kier alpha value is -1.96. The monoisotopic (exact) mass is 302 g/mol. The molecule has 1 aromatic carbocycles. The van der Waals surface area contributed by atoms with Crippen molar-refractivity contribution in [1.29, 1.82) is 0 Å². The van der Waals surface area contributed by atoms with Crippen molar-refractivity contribution in [2.24, 2.45) is 11.8 Å². The fourth-order valence-electron chi connectivity index (χ4n) is 2.49. The van der Waals surface area contributed by atoms with Crippen LogP contribution in [0.4, 0.5) is 24.5 Å². The van der Waals surface area contributed by atoms with Crippen molar-refractivity contribution in [3.63, 3.8) is 0 Å². The molecule has 0 bridgehead atoms. The molecule has 1 fully saturated rings. The Morgan fingerprint density at radius 2 is 2.10 bits per heavy atom. The molecule has 1 saturated heterocycles. The maximum Gasteiger partial charge on any atom is 0.393 e. The van der Waals surface area contributed by atoms with E-state index in [4.69, 9.17) is 11.6 Å².